The number of halogens is 3. The standard InChI is InChI=1S/C19H16F3N3O3/c20-19(21,22)18(23-15(26)11-13-7-3-1-4-8-13)16(27)25(17(28)24-18)12-14-9-5-2-6-10-14/h1-10H,11-12H2,(H,23,26)(H,24,28). The maximum atomic E-state index is 13.8. The van der Waals surface area contributed by atoms with Gasteiger partial charge in [0.05, 0.1) is 13.0 Å². The van der Waals surface area contributed by atoms with Crippen molar-refractivity contribution in [2.24, 2.45) is 0 Å². The zero-order chi connectivity index (χ0) is 20.4. The molecule has 1 heterocycles. The molecule has 6 nitrogen and oxygen atoms in total. The molecule has 3 rings (SSSR count). The number of imide groups is 1. The SMILES string of the molecule is O=C(Cc1ccccc1)NC1(C(F)(F)F)NC(=O)N(Cc2ccccc2)C1=O. The summed E-state index contributed by atoms with van der Waals surface area (Å²) in [7, 11) is 0. The van der Waals surface area contributed by atoms with Crippen LogP contribution in [0.4, 0.5) is 18.0 Å². The fraction of sp³-hybridized carbons (Fsp3) is 0.211. The normalized spacial score (nSPS) is 19.5. The molecular formula is C19H16F3N3O3. The van der Waals surface area contributed by atoms with Crippen LogP contribution < -0.4 is 10.6 Å². The van der Waals surface area contributed by atoms with E-state index in [0.717, 1.165) is 0 Å². The molecule has 0 saturated carbocycles. The predicted molar refractivity (Wildman–Crippen MR) is 92.6 cm³/mol. The first kappa shape index (κ1) is 19.4. The summed E-state index contributed by atoms with van der Waals surface area (Å²) in [5, 5.41) is 3.31. The molecule has 1 aliphatic rings. The summed E-state index contributed by atoms with van der Waals surface area (Å²) in [6.45, 7) is -0.349. The second kappa shape index (κ2) is 7.34. The molecule has 1 saturated heterocycles. The molecule has 2 aromatic rings. The largest absolute Gasteiger partial charge is 0.440 e. The zero-order valence-corrected chi connectivity index (χ0v) is 14.5. The minimum atomic E-state index is -5.22. The van der Waals surface area contributed by atoms with E-state index >= 15 is 0 Å². The lowest BCUT2D eigenvalue weighted by atomic mass is 10.1. The molecule has 28 heavy (non-hydrogen) atoms. The van der Waals surface area contributed by atoms with Crippen LogP contribution in [-0.4, -0.2) is 34.6 Å². The van der Waals surface area contributed by atoms with Crippen LogP contribution in [0.1, 0.15) is 11.1 Å². The Morgan fingerprint density at radius 3 is 2.04 bits per heavy atom. The molecule has 9 heteroatoms. The molecule has 146 valence electrons. The van der Waals surface area contributed by atoms with Crippen LogP contribution in [-0.2, 0) is 22.6 Å². The third-order valence-electron chi connectivity index (χ3n) is 4.25. The molecule has 0 aromatic heterocycles. The lowest BCUT2D eigenvalue weighted by Crippen LogP contribution is -2.69. The first-order chi connectivity index (χ1) is 13.2. The fourth-order valence-electron chi connectivity index (χ4n) is 2.87. The van der Waals surface area contributed by atoms with Gasteiger partial charge in [-0.3, -0.25) is 19.8 Å². The average Bonchev–Trinajstić information content (AvgIpc) is 2.88. The summed E-state index contributed by atoms with van der Waals surface area (Å²) in [4.78, 5) is 37.4. The van der Waals surface area contributed by atoms with E-state index in [9.17, 15) is 27.6 Å². The summed E-state index contributed by atoms with van der Waals surface area (Å²) in [6, 6.07) is 15.0. The Kier molecular flexibility index (Phi) is 5.08. The molecular weight excluding hydrogens is 375 g/mol. The Bertz CT molecular complexity index is 888. The van der Waals surface area contributed by atoms with Crippen LogP contribution >= 0.6 is 0 Å². The molecule has 2 N–H and O–H groups in total. The molecule has 0 radical (unpaired) electrons. The van der Waals surface area contributed by atoms with E-state index in [-0.39, 0.29) is 13.0 Å². The van der Waals surface area contributed by atoms with Crippen LogP contribution in [0.25, 0.3) is 0 Å². The molecule has 1 atom stereocenters. The number of hydrogen-bond acceptors (Lipinski definition) is 3. The predicted octanol–water partition coefficient (Wildman–Crippen LogP) is 2.36. The van der Waals surface area contributed by atoms with E-state index < -0.39 is 29.7 Å². The van der Waals surface area contributed by atoms with Gasteiger partial charge in [-0.15, -0.1) is 0 Å². The van der Waals surface area contributed by atoms with Crippen LogP contribution in [0.5, 0.6) is 0 Å². The van der Waals surface area contributed by atoms with E-state index in [1.807, 2.05) is 0 Å². The number of urea groups is 1. The topological polar surface area (TPSA) is 78.5 Å². The monoisotopic (exact) mass is 391 g/mol. The Hall–Kier alpha value is -3.36. The summed E-state index contributed by atoms with van der Waals surface area (Å²) >= 11 is 0. The van der Waals surface area contributed by atoms with Crippen molar-refractivity contribution >= 4 is 17.8 Å². The number of nitrogens with zero attached hydrogens (tertiary/aromatic N) is 1. The van der Waals surface area contributed by atoms with Gasteiger partial charge in [0.25, 0.3) is 11.6 Å². The zero-order valence-electron chi connectivity index (χ0n) is 14.5. The maximum Gasteiger partial charge on any atom is 0.440 e. The molecule has 4 amide bonds. The third kappa shape index (κ3) is 3.68. The van der Waals surface area contributed by atoms with Gasteiger partial charge in [-0.1, -0.05) is 60.7 Å². The fourth-order valence-corrected chi connectivity index (χ4v) is 2.87. The van der Waals surface area contributed by atoms with E-state index in [0.29, 0.717) is 16.0 Å². The number of nitrogens with one attached hydrogen (secondary N) is 2. The highest BCUT2D eigenvalue weighted by Gasteiger charge is 2.68. The highest BCUT2D eigenvalue weighted by Crippen LogP contribution is 2.34. The molecule has 1 aliphatic heterocycles. The van der Waals surface area contributed by atoms with Gasteiger partial charge in [-0.25, -0.2) is 4.79 Å². The summed E-state index contributed by atoms with van der Waals surface area (Å²) in [5.74, 6) is -2.62. The second-order valence-electron chi connectivity index (χ2n) is 6.27. The van der Waals surface area contributed by atoms with Gasteiger partial charge in [0.15, 0.2) is 0 Å². The molecule has 1 fully saturated rings. The van der Waals surface area contributed by atoms with E-state index in [2.05, 4.69) is 0 Å². The number of alkyl halides is 3. The van der Waals surface area contributed by atoms with Crippen molar-refractivity contribution in [2.45, 2.75) is 24.8 Å². The Labute approximate surface area is 158 Å². The van der Waals surface area contributed by atoms with Crippen molar-refractivity contribution in [3.05, 3.63) is 71.8 Å². The Morgan fingerprint density at radius 1 is 0.964 bits per heavy atom. The van der Waals surface area contributed by atoms with Gasteiger partial charge >= 0.3 is 12.2 Å². The van der Waals surface area contributed by atoms with Crippen LogP contribution in [0.3, 0.4) is 0 Å². The first-order valence-electron chi connectivity index (χ1n) is 8.32. The minimum absolute atomic E-state index is 0.349. The molecule has 0 bridgehead atoms. The molecule has 2 aromatic carbocycles. The molecule has 0 aliphatic carbocycles. The third-order valence-corrected chi connectivity index (χ3v) is 4.25. The van der Waals surface area contributed by atoms with Gasteiger partial charge in [0.1, 0.15) is 0 Å². The van der Waals surface area contributed by atoms with Crippen molar-refractivity contribution in [3.63, 3.8) is 0 Å². The van der Waals surface area contributed by atoms with E-state index in [4.69, 9.17) is 0 Å². The lowest BCUT2D eigenvalue weighted by molar-refractivity contribution is -0.204. The summed E-state index contributed by atoms with van der Waals surface area (Å²) in [6.07, 6.45) is -5.60. The minimum Gasteiger partial charge on any atom is -0.318 e. The average molecular weight is 391 g/mol. The number of benzene rings is 2. The van der Waals surface area contributed by atoms with Gasteiger partial charge in [0, 0.05) is 0 Å². The smallest absolute Gasteiger partial charge is 0.318 e. The number of hydrogen-bond donors (Lipinski definition) is 2. The summed E-state index contributed by atoms with van der Waals surface area (Å²) < 4.78 is 41.3. The first-order valence-corrected chi connectivity index (χ1v) is 8.32. The van der Waals surface area contributed by atoms with Crippen LogP contribution in [0, 0.1) is 0 Å². The maximum absolute atomic E-state index is 13.8. The van der Waals surface area contributed by atoms with E-state index in [1.54, 1.807) is 71.3 Å². The highest BCUT2D eigenvalue weighted by atomic mass is 19.4. The van der Waals surface area contributed by atoms with Crippen molar-refractivity contribution in [3.8, 4) is 0 Å². The van der Waals surface area contributed by atoms with Crippen LogP contribution in [0.2, 0.25) is 0 Å². The lowest BCUT2D eigenvalue weighted by Gasteiger charge is -2.30. The van der Waals surface area contributed by atoms with Gasteiger partial charge in [-0.2, -0.15) is 13.2 Å². The Morgan fingerprint density at radius 2 is 1.50 bits per heavy atom. The number of carbonyl (C=O) groups is 3. The highest BCUT2D eigenvalue weighted by molar-refractivity contribution is 6.08. The number of amides is 4. The number of rotatable bonds is 5. The van der Waals surface area contributed by atoms with Gasteiger partial charge in [-0.05, 0) is 11.1 Å². The van der Waals surface area contributed by atoms with Crippen molar-refractivity contribution in [2.75, 3.05) is 0 Å². The van der Waals surface area contributed by atoms with Gasteiger partial charge in [0.2, 0.25) is 5.91 Å². The molecule has 0 spiro atoms. The van der Waals surface area contributed by atoms with Gasteiger partial charge < -0.3 is 5.32 Å². The molecule has 1 unspecified atom stereocenters. The summed E-state index contributed by atoms with van der Waals surface area (Å²) in [5.41, 5.74) is -2.56. The van der Waals surface area contributed by atoms with E-state index in [1.165, 1.54) is 0 Å². The second-order valence-corrected chi connectivity index (χ2v) is 6.27. The Balaban J connectivity index is 1.84. The van der Waals surface area contributed by atoms with Crippen molar-refractivity contribution in [1.29, 1.82) is 0 Å². The van der Waals surface area contributed by atoms with Crippen LogP contribution in [0.15, 0.2) is 60.7 Å². The van der Waals surface area contributed by atoms with Crippen molar-refractivity contribution in [1.82, 2.24) is 15.5 Å². The number of carbonyl (C=O) groups excluding carboxylic acids is 3. The quantitative estimate of drug-likeness (QED) is 0.768. The van der Waals surface area contributed by atoms with Crippen molar-refractivity contribution < 1.29 is 27.6 Å².